The topological polar surface area (TPSA) is 31.0 Å². The van der Waals surface area contributed by atoms with E-state index in [1.54, 1.807) is 0 Å². The lowest BCUT2D eigenvalue weighted by Crippen LogP contribution is -1.98. The average molecular weight is 176 g/mol. The van der Waals surface area contributed by atoms with Gasteiger partial charge in [-0.05, 0) is 26.0 Å². The largest absolute Gasteiger partial charge is 0.361 e. The Hall–Kier alpha value is -1.51. The van der Waals surface area contributed by atoms with Gasteiger partial charge in [0.05, 0.1) is 12.2 Å². The fraction of sp³-hybridized carbons (Fsp3) is 0.300. The maximum atomic E-state index is 5.08. The Kier molecular flexibility index (Phi) is 1.93. The molecule has 13 heavy (non-hydrogen) atoms. The molecule has 0 bridgehead atoms. The van der Waals surface area contributed by atoms with Crippen LogP contribution in [0.5, 0.6) is 0 Å². The van der Waals surface area contributed by atoms with Crippen LogP contribution in [-0.2, 0) is 6.54 Å². The SMILES string of the molecule is Cc1noc(C)c1Cn1cccc1. The standard InChI is InChI=1S/C10H12N2O/c1-8-10(9(2)13-11-8)7-12-5-3-4-6-12/h3-6H,7H2,1-2H3. The summed E-state index contributed by atoms with van der Waals surface area (Å²) in [6.07, 6.45) is 4.07. The Balaban J connectivity index is 2.27. The summed E-state index contributed by atoms with van der Waals surface area (Å²) in [4.78, 5) is 0. The quantitative estimate of drug-likeness (QED) is 0.702. The van der Waals surface area contributed by atoms with E-state index in [0.29, 0.717) is 0 Å². The van der Waals surface area contributed by atoms with E-state index >= 15 is 0 Å². The maximum Gasteiger partial charge on any atom is 0.138 e. The van der Waals surface area contributed by atoms with Gasteiger partial charge in [-0.15, -0.1) is 0 Å². The Morgan fingerprint density at radius 1 is 1.31 bits per heavy atom. The van der Waals surface area contributed by atoms with E-state index in [2.05, 4.69) is 9.72 Å². The Labute approximate surface area is 77.0 Å². The van der Waals surface area contributed by atoms with Gasteiger partial charge in [0, 0.05) is 18.0 Å². The summed E-state index contributed by atoms with van der Waals surface area (Å²) in [5.41, 5.74) is 2.16. The van der Waals surface area contributed by atoms with Crippen LogP contribution in [0.1, 0.15) is 17.0 Å². The van der Waals surface area contributed by atoms with Crippen LogP contribution in [0, 0.1) is 13.8 Å². The lowest BCUT2D eigenvalue weighted by molar-refractivity contribution is 0.392. The number of hydrogen-bond acceptors (Lipinski definition) is 2. The van der Waals surface area contributed by atoms with Crippen LogP contribution in [-0.4, -0.2) is 9.72 Å². The normalized spacial score (nSPS) is 10.6. The summed E-state index contributed by atoms with van der Waals surface area (Å²) in [5.74, 6) is 0.909. The predicted octanol–water partition coefficient (Wildman–Crippen LogP) is 2.14. The van der Waals surface area contributed by atoms with Crippen LogP contribution in [0.3, 0.4) is 0 Å². The van der Waals surface area contributed by atoms with Crippen LogP contribution >= 0.6 is 0 Å². The number of aromatic nitrogens is 2. The zero-order chi connectivity index (χ0) is 9.26. The minimum atomic E-state index is 0.841. The van der Waals surface area contributed by atoms with Gasteiger partial charge in [0.1, 0.15) is 5.76 Å². The highest BCUT2D eigenvalue weighted by Gasteiger charge is 2.08. The predicted molar refractivity (Wildman–Crippen MR) is 49.5 cm³/mol. The van der Waals surface area contributed by atoms with Gasteiger partial charge in [-0.1, -0.05) is 5.16 Å². The molecule has 0 aromatic carbocycles. The molecule has 0 aliphatic rings. The molecule has 0 radical (unpaired) electrons. The van der Waals surface area contributed by atoms with Gasteiger partial charge in [-0.25, -0.2) is 0 Å². The Morgan fingerprint density at radius 2 is 2.00 bits per heavy atom. The fourth-order valence-electron chi connectivity index (χ4n) is 1.39. The third kappa shape index (κ3) is 1.49. The molecular formula is C10H12N2O. The average Bonchev–Trinajstić information content (AvgIpc) is 2.70. The van der Waals surface area contributed by atoms with Crippen molar-refractivity contribution in [1.29, 1.82) is 0 Å². The third-order valence-corrected chi connectivity index (χ3v) is 2.19. The van der Waals surface area contributed by atoms with E-state index in [1.165, 1.54) is 5.56 Å². The van der Waals surface area contributed by atoms with Crippen LogP contribution < -0.4 is 0 Å². The van der Waals surface area contributed by atoms with Crippen molar-refractivity contribution in [2.45, 2.75) is 20.4 Å². The fourth-order valence-corrected chi connectivity index (χ4v) is 1.39. The molecule has 0 atom stereocenters. The van der Waals surface area contributed by atoms with E-state index in [0.717, 1.165) is 18.0 Å². The number of aryl methyl sites for hydroxylation is 2. The first-order valence-corrected chi connectivity index (χ1v) is 4.30. The van der Waals surface area contributed by atoms with Gasteiger partial charge in [0.15, 0.2) is 0 Å². The second kappa shape index (κ2) is 3.09. The van der Waals surface area contributed by atoms with E-state index in [-0.39, 0.29) is 0 Å². The molecule has 0 unspecified atom stereocenters. The second-order valence-electron chi connectivity index (χ2n) is 3.16. The molecule has 0 amide bonds. The maximum absolute atomic E-state index is 5.08. The lowest BCUT2D eigenvalue weighted by Gasteiger charge is -2.00. The molecule has 0 aliphatic carbocycles. The van der Waals surface area contributed by atoms with Crippen LogP contribution in [0.25, 0.3) is 0 Å². The van der Waals surface area contributed by atoms with Crippen molar-refractivity contribution in [1.82, 2.24) is 9.72 Å². The highest BCUT2D eigenvalue weighted by Crippen LogP contribution is 2.13. The van der Waals surface area contributed by atoms with Gasteiger partial charge < -0.3 is 9.09 Å². The number of hydrogen-bond donors (Lipinski definition) is 0. The molecule has 0 saturated carbocycles. The molecule has 0 aliphatic heterocycles. The van der Waals surface area contributed by atoms with Crippen LogP contribution in [0.15, 0.2) is 29.0 Å². The van der Waals surface area contributed by atoms with Crippen LogP contribution in [0.2, 0.25) is 0 Å². The zero-order valence-corrected chi connectivity index (χ0v) is 7.82. The van der Waals surface area contributed by atoms with Gasteiger partial charge in [0.25, 0.3) is 0 Å². The first-order chi connectivity index (χ1) is 6.27. The molecular weight excluding hydrogens is 164 g/mol. The summed E-state index contributed by atoms with van der Waals surface area (Å²) < 4.78 is 7.18. The minimum absolute atomic E-state index is 0.841. The monoisotopic (exact) mass is 176 g/mol. The zero-order valence-electron chi connectivity index (χ0n) is 7.82. The van der Waals surface area contributed by atoms with Crippen molar-refractivity contribution < 1.29 is 4.52 Å². The molecule has 2 rings (SSSR count). The van der Waals surface area contributed by atoms with Crippen LogP contribution in [0.4, 0.5) is 0 Å². The van der Waals surface area contributed by atoms with E-state index < -0.39 is 0 Å². The molecule has 3 nitrogen and oxygen atoms in total. The van der Waals surface area contributed by atoms with Crippen molar-refractivity contribution in [3.05, 3.63) is 41.5 Å². The molecule has 0 fully saturated rings. The lowest BCUT2D eigenvalue weighted by atomic mass is 10.2. The molecule has 0 N–H and O–H groups in total. The molecule has 2 aromatic rings. The van der Waals surface area contributed by atoms with Gasteiger partial charge in [-0.3, -0.25) is 0 Å². The first-order valence-electron chi connectivity index (χ1n) is 4.30. The van der Waals surface area contributed by atoms with Gasteiger partial charge in [0.2, 0.25) is 0 Å². The van der Waals surface area contributed by atoms with Crippen molar-refractivity contribution in [2.75, 3.05) is 0 Å². The third-order valence-electron chi connectivity index (χ3n) is 2.19. The van der Waals surface area contributed by atoms with Crippen molar-refractivity contribution >= 4 is 0 Å². The van der Waals surface area contributed by atoms with E-state index in [4.69, 9.17) is 4.52 Å². The second-order valence-corrected chi connectivity index (χ2v) is 3.16. The van der Waals surface area contributed by atoms with Gasteiger partial charge in [-0.2, -0.15) is 0 Å². The Bertz CT molecular complexity index is 367. The van der Waals surface area contributed by atoms with Crippen molar-refractivity contribution in [3.8, 4) is 0 Å². The first kappa shape index (κ1) is 8.10. The molecule has 3 heteroatoms. The molecule has 2 heterocycles. The van der Waals surface area contributed by atoms with Crippen molar-refractivity contribution in [2.24, 2.45) is 0 Å². The molecule has 68 valence electrons. The molecule has 0 spiro atoms. The van der Waals surface area contributed by atoms with Crippen molar-refractivity contribution in [3.63, 3.8) is 0 Å². The summed E-state index contributed by atoms with van der Waals surface area (Å²) in [7, 11) is 0. The van der Waals surface area contributed by atoms with E-state index in [1.807, 2.05) is 38.4 Å². The summed E-state index contributed by atoms with van der Waals surface area (Å²) >= 11 is 0. The smallest absolute Gasteiger partial charge is 0.138 e. The summed E-state index contributed by atoms with van der Waals surface area (Å²) in [6, 6.07) is 4.02. The molecule has 2 aromatic heterocycles. The number of nitrogens with zero attached hydrogens (tertiary/aromatic N) is 2. The van der Waals surface area contributed by atoms with Gasteiger partial charge >= 0.3 is 0 Å². The highest BCUT2D eigenvalue weighted by molar-refractivity contribution is 5.21. The minimum Gasteiger partial charge on any atom is -0.361 e. The highest BCUT2D eigenvalue weighted by atomic mass is 16.5. The summed E-state index contributed by atoms with van der Waals surface area (Å²) in [6.45, 7) is 4.75. The number of rotatable bonds is 2. The Morgan fingerprint density at radius 3 is 2.54 bits per heavy atom. The summed E-state index contributed by atoms with van der Waals surface area (Å²) in [5, 5.41) is 3.91. The van der Waals surface area contributed by atoms with E-state index in [9.17, 15) is 0 Å². The molecule has 0 saturated heterocycles.